The van der Waals surface area contributed by atoms with Crippen molar-refractivity contribution < 1.29 is 4.74 Å². The van der Waals surface area contributed by atoms with E-state index in [9.17, 15) is 4.79 Å². The van der Waals surface area contributed by atoms with Gasteiger partial charge in [0.1, 0.15) is 4.83 Å². The van der Waals surface area contributed by atoms with Gasteiger partial charge in [-0.1, -0.05) is 0 Å². The second-order valence-electron chi connectivity index (χ2n) is 7.11. The van der Waals surface area contributed by atoms with Gasteiger partial charge in [0.2, 0.25) is 0 Å². The summed E-state index contributed by atoms with van der Waals surface area (Å²) < 4.78 is 6.98. The molecule has 1 fully saturated rings. The second-order valence-corrected chi connectivity index (χ2v) is 8.20. The Balaban J connectivity index is 1.49. The standard InChI is InChI=1S/C18H26N4O2S/c1-24-8-2-6-21-7-4-13(10-21)11-22-12-20-17-16(18(22)23)14-3-5-19-9-15(14)25-17/h12-13,19H,2-11H2,1H3/t13-/m0/s1. The third-order valence-electron chi connectivity index (χ3n) is 5.35. The van der Waals surface area contributed by atoms with Gasteiger partial charge < -0.3 is 15.0 Å². The maximum atomic E-state index is 13.0. The lowest BCUT2D eigenvalue weighted by molar-refractivity contribution is 0.178. The summed E-state index contributed by atoms with van der Waals surface area (Å²) in [4.78, 5) is 22.3. The van der Waals surface area contributed by atoms with Crippen molar-refractivity contribution in [1.29, 1.82) is 0 Å². The van der Waals surface area contributed by atoms with Crippen LogP contribution in [-0.2, 0) is 24.2 Å². The van der Waals surface area contributed by atoms with Crippen molar-refractivity contribution in [3.8, 4) is 0 Å². The number of ether oxygens (including phenoxy) is 1. The molecule has 0 aliphatic carbocycles. The van der Waals surface area contributed by atoms with E-state index in [2.05, 4.69) is 15.2 Å². The lowest BCUT2D eigenvalue weighted by Gasteiger charge is -2.16. The molecule has 0 spiro atoms. The first-order valence-electron chi connectivity index (χ1n) is 9.18. The maximum Gasteiger partial charge on any atom is 0.262 e. The smallest absolute Gasteiger partial charge is 0.262 e. The normalized spacial score (nSPS) is 21.1. The number of nitrogens with one attached hydrogen (secondary N) is 1. The summed E-state index contributed by atoms with van der Waals surface area (Å²) in [6.07, 6.45) is 4.93. The molecule has 1 saturated heterocycles. The highest BCUT2D eigenvalue weighted by atomic mass is 32.1. The predicted molar refractivity (Wildman–Crippen MR) is 100 cm³/mol. The lowest BCUT2D eigenvalue weighted by atomic mass is 10.1. The van der Waals surface area contributed by atoms with Crippen LogP contribution in [0.3, 0.4) is 0 Å². The summed E-state index contributed by atoms with van der Waals surface area (Å²) in [5.74, 6) is 0.538. The van der Waals surface area contributed by atoms with Crippen molar-refractivity contribution in [3.63, 3.8) is 0 Å². The molecule has 136 valence electrons. The summed E-state index contributed by atoms with van der Waals surface area (Å²) in [6, 6.07) is 0. The topological polar surface area (TPSA) is 59.4 Å². The Morgan fingerprint density at radius 2 is 2.40 bits per heavy atom. The molecule has 2 aliphatic rings. The summed E-state index contributed by atoms with van der Waals surface area (Å²) in [7, 11) is 1.75. The minimum absolute atomic E-state index is 0.155. The quantitative estimate of drug-likeness (QED) is 0.789. The van der Waals surface area contributed by atoms with Gasteiger partial charge in [0, 0.05) is 44.8 Å². The molecule has 0 saturated carbocycles. The Bertz CT molecular complexity index is 800. The molecule has 0 amide bonds. The molecule has 0 radical (unpaired) electrons. The van der Waals surface area contributed by atoms with Gasteiger partial charge in [0.05, 0.1) is 11.7 Å². The van der Waals surface area contributed by atoms with Crippen molar-refractivity contribution in [1.82, 2.24) is 19.8 Å². The molecule has 4 rings (SSSR count). The molecule has 0 unspecified atom stereocenters. The highest BCUT2D eigenvalue weighted by Crippen LogP contribution is 2.29. The van der Waals surface area contributed by atoms with Crippen LogP contribution < -0.4 is 10.9 Å². The fraction of sp³-hybridized carbons (Fsp3) is 0.667. The minimum Gasteiger partial charge on any atom is -0.385 e. The summed E-state index contributed by atoms with van der Waals surface area (Å²) in [5.41, 5.74) is 1.39. The van der Waals surface area contributed by atoms with Crippen LogP contribution in [0.1, 0.15) is 23.3 Å². The van der Waals surface area contributed by atoms with E-state index >= 15 is 0 Å². The number of aromatic nitrogens is 2. The van der Waals surface area contributed by atoms with E-state index in [1.807, 2.05) is 4.57 Å². The highest BCUT2D eigenvalue weighted by molar-refractivity contribution is 7.18. The van der Waals surface area contributed by atoms with E-state index in [0.717, 1.165) is 75.4 Å². The first-order valence-corrected chi connectivity index (χ1v) is 9.99. The molecule has 1 N–H and O–H groups in total. The van der Waals surface area contributed by atoms with Gasteiger partial charge in [-0.05, 0) is 43.8 Å². The third-order valence-corrected chi connectivity index (χ3v) is 6.49. The average Bonchev–Trinajstić information content (AvgIpc) is 3.22. The van der Waals surface area contributed by atoms with Gasteiger partial charge in [0.25, 0.3) is 5.56 Å². The minimum atomic E-state index is 0.155. The van der Waals surface area contributed by atoms with Gasteiger partial charge in [-0.15, -0.1) is 11.3 Å². The Labute approximate surface area is 151 Å². The first-order chi connectivity index (χ1) is 12.3. The Morgan fingerprint density at radius 1 is 1.48 bits per heavy atom. The molecule has 2 aliphatic heterocycles. The molecule has 2 aromatic rings. The highest BCUT2D eigenvalue weighted by Gasteiger charge is 2.24. The Kier molecular flexibility index (Phi) is 5.17. The van der Waals surface area contributed by atoms with Crippen LogP contribution in [0.25, 0.3) is 10.2 Å². The van der Waals surface area contributed by atoms with Gasteiger partial charge >= 0.3 is 0 Å². The van der Waals surface area contributed by atoms with Crippen molar-refractivity contribution >= 4 is 21.6 Å². The summed E-state index contributed by atoms with van der Waals surface area (Å²) in [5, 5.41) is 4.25. The predicted octanol–water partition coefficient (Wildman–Crippen LogP) is 1.46. The van der Waals surface area contributed by atoms with Gasteiger partial charge in [-0.25, -0.2) is 4.98 Å². The molecule has 0 aromatic carbocycles. The number of nitrogens with zero attached hydrogens (tertiary/aromatic N) is 3. The number of thiophene rings is 1. The third kappa shape index (κ3) is 3.51. The average molecular weight is 362 g/mol. The molecule has 7 heteroatoms. The molecular weight excluding hydrogens is 336 g/mol. The van der Waals surface area contributed by atoms with E-state index in [1.54, 1.807) is 24.8 Å². The molecule has 1 atom stereocenters. The zero-order valence-electron chi connectivity index (χ0n) is 14.8. The van der Waals surface area contributed by atoms with Gasteiger partial charge in [-0.2, -0.15) is 0 Å². The van der Waals surface area contributed by atoms with E-state index in [0.29, 0.717) is 5.92 Å². The van der Waals surface area contributed by atoms with Crippen molar-refractivity contribution in [3.05, 3.63) is 27.1 Å². The summed E-state index contributed by atoms with van der Waals surface area (Å²) in [6.45, 7) is 6.70. The zero-order valence-corrected chi connectivity index (χ0v) is 15.6. The van der Waals surface area contributed by atoms with E-state index in [-0.39, 0.29) is 5.56 Å². The molecule has 0 bridgehead atoms. The van der Waals surface area contributed by atoms with E-state index in [1.165, 1.54) is 10.4 Å². The van der Waals surface area contributed by atoms with Gasteiger partial charge in [-0.3, -0.25) is 9.36 Å². The monoisotopic (exact) mass is 362 g/mol. The number of hydrogen-bond acceptors (Lipinski definition) is 6. The van der Waals surface area contributed by atoms with E-state index in [4.69, 9.17) is 4.74 Å². The molecule has 4 heterocycles. The van der Waals surface area contributed by atoms with Crippen LogP contribution in [0.2, 0.25) is 0 Å². The number of fused-ring (bicyclic) bond motifs is 3. The number of methoxy groups -OCH3 is 1. The van der Waals surface area contributed by atoms with Gasteiger partial charge in [0.15, 0.2) is 0 Å². The van der Waals surface area contributed by atoms with Crippen LogP contribution in [0.4, 0.5) is 0 Å². The molecule has 2 aromatic heterocycles. The fourth-order valence-electron chi connectivity index (χ4n) is 4.06. The van der Waals surface area contributed by atoms with Crippen LogP contribution in [0.15, 0.2) is 11.1 Å². The van der Waals surface area contributed by atoms with Crippen LogP contribution in [-0.4, -0.2) is 54.3 Å². The number of likely N-dealkylation sites (tertiary alicyclic amines) is 1. The Morgan fingerprint density at radius 3 is 3.28 bits per heavy atom. The van der Waals surface area contributed by atoms with E-state index < -0.39 is 0 Å². The van der Waals surface area contributed by atoms with Crippen molar-refractivity contribution in [2.24, 2.45) is 5.92 Å². The second kappa shape index (κ2) is 7.53. The van der Waals surface area contributed by atoms with Crippen LogP contribution >= 0.6 is 11.3 Å². The van der Waals surface area contributed by atoms with Crippen molar-refractivity contribution in [2.75, 3.05) is 39.9 Å². The zero-order chi connectivity index (χ0) is 17.2. The summed E-state index contributed by atoms with van der Waals surface area (Å²) >= 11 is 1.67. The molecule has 6 nitrogen and oxygen atoms in total. The molecule has 25 heavy (non-hydrogen) atoms. The number of rotatable bonds is 6. The van der Waals surface area contributed by atoms with Crippen LogP contribution in [0, 0.1) is 5.92 Å². The maximum absolute atomic E-state index is 13.0. The van der Waals surface area contributed by atoms with Crippen LogP contribution in [0.5, 0.6) is 0 Å². The lowest BCUT2D eigenvalue weighted by Crippen LogP contribution is -2.28. The first kappa shape index (κ1) is 17.1. The Hall–Kier alpha value is -1.28. The molecular formula is C18H26N4O2S. The van der Waals surface area contributed by atoms with Crippen molar-refractivity contribution in [2.45, 2.75) is 32.4 Å². The number of hydrogen-bond donors (Lipinski definition) is 1. The SMILES string of the molecule is COCCCN1CC[C@H](Cn2cnc3sc4c(c3c2=O)CCNC4)C1. The largest absolute Gasteiger partial charge is 0.385 e. The fourth-order valence-corrected chi connectivity index (χ4v) is 5.20.